The zero-order valence-electron chi connectivity index (χ0n) is 12.4. The van der Waals surface area contributed by atoms with Crippen molar-refractivity contribution in [3.05, 3.63) is 63.9 Å². The Hall–Kier alpha value is -1.39. The summed E-state index contributed by atoms with van der Waals surface area (Å²) >= 11 is 3.46. The van der Waals surface area contributed by atoms with Gasteiger partial charge in [0, 0.05) is 24.6 Å². The molecular weight excluding hydrogens is 331 g/mol. The summed E-state index contributed by atoms with van der Waals surface area (Å²) in [5.41, 5.74) is 2.73. The number of hydrogen-bond donors (Lipinski definition) is 1. The standard InChI is InChI=1S/C17H20BrFN2/c1-3-20-11-13-7-8-17(16(19)10-13)21(2)12-14-5-4-6-15(18)9-14/h4-10,20H,3,11-12H2,1-2H3. The third-order valence-electron chi connectivity index (χ3n) is 3.31. The number of hydrogen-bond acceptors (Lipinski definition) is 2. The molecule has 0 spiro atoms. The highest BCUT2D eigenvalue weighted by Gasteiger charge is 2.09. The first-order valence-electron chi connectivity index (χ1n) is 7.05. The van der Waals surface area contributed by atoms with Crippen LogP contribution in [0.1, 0.15) is 18.1 Å². The van der Waals surface area contributed by atoms with Crippen molar-refractivity contribution in [3.63, 3.8) is 0 Å². The van der Waals surface area contributed by atoms with Crippen LogP contribution in [0.2, 0.25) is 0 Å². The molecule has 0 aliphatic heterocycles. The molecule has 0 saturated heterocycles. The van der Waals surface area contributed by atoms with Gasteiger partial charge in [-0.05, 0) is 41.9 Å². The molecule has 2 nitrogen and oxygen atoms in total. The third-order valence-corrected chi connectivity index (χ3v) is 3.80. The molecule has 2 aromatic carbocycles. The molecule has 0 saturated carbocycles. The lowest BCUT2D eigenvalue weighted by atomic mass is 10.1. The number of nitrogens with one attached hydrogen (secondary N) is 1. The van der Waals surface area contributed by atoms with Crippen molar-refractivity contribution in [2.75, 3.05) is 18.5 Å². The Kier molecular flexibility index (Phi) is 5.76. The van der Waals surface area contributed by atoms with Gasteiger partial charge in [0.2, 0.25) is 0 Å². The van der Waals surface area contributed by atoms with Crippen molar-refractivity contribution < 1.29 is 4.39 Å². The lowest BCUT2D eigenvalue weighted by Gasteiger charge is -2.20. The van der Waals surface area contributed by atoms with E-state index in [0.29, 0.717) is 18.8 Å². The summed E-state index contributed by atoms with van der Waals surface area (Å²) in [7, 11) is 1.91. The van der Waals surface area contributed by atoms with Crippen LogP contribution in [-0.2, 0) is 13.1 Å². The smallest absolute Gasteiger partial charge is 0.146 e. The average molecular weight is 351 g/mol. The molecule has 0 radical (unpaired) electrons. The summed E-state index contributed by atoms with van der Waals surface area (Å²) in [4.78, 5) is 1.92. The van der Waals surface area contributed by atoms with E-state index in [0.717, 1.165) is 22.1 Å². The molecule has 21 heavy (non-hydrogen) atoms. The van der Waals surface area contributed by atoms with E-state index in [2.05, 4.69) is 21.2 Å². The first kappa shape index (κ1) is 16.0. The fraction of sp³-hybridized carbons (Fsp3) is 0.294. The van der Waals surface area contributed by atoms with Gasteiger partial charge in [-0.1, -0.05) is 41.1 Å². The maximum absolute atomic E-state index is 14.2. The van der Waals surface area contributed by atoms with Crippen LogP contribution in [0.15, 0.2) is 46.9 Å². The van der Waals surface area contributed by atoms with Crippen molar-refractivity contribution in [2.45, 2.75) is 20.0 Å². The summed E-state index contributed by atoms with van der Waals surface area (Å²) < 4.78 is 15.3. The zero-order chi connectivity index (χ0) is 15.2. The fourth-order valence-electron chi connectivity index (χ4n) is 2.23. The lowest BCUT2D eigenvalue weighted by molar-refractivity contribution is 0.616. The highest BCUT2D eigenvalue weighted by molar-refractivity contribution is 9.10. The first-order chi connectivity index (χ1) is 10.1. The molecular formula is C17H20BrFN2. The van der Waals surface area contributed by atoms with Crippen molar-refractivity contribution >= 4 is 21.6 Å². The number of nitrogens with zero attached hydrogens (tertiary/aromatic N) is 1. The number of benzene rings is 2. The van der Waals surface area contributed by atoms with Gasteiger partial charge in [0.15, 0.2) is 0 Å². The predicted octanol–water partition coefficient (Wildman–Crippen LogP) is 4.33. The van der Waals surface area contributed by atoms with Crippen LogP contribution in [-0.4, -0.2) is 13.6 Å². The molecule has 112 valence electrons. The topological polar surface area (TPSA) is 15.3 Å². The van der Waals surface area contributed by atoms with Gasteiger partial charge in [0.1, 0.15) is 5.82 Å². The Morgan fingerprint density at radius 1 is 1.14 bits per heavy atom. The van der Waals surface area contributed by atoms with Crippen LogP contribution in [0, 0.1) is 5.82 Å². The molecule has 0 fully saturated rings. The molecule has 0 unspecified atom stereocenters. The molecule has 0 amide bonds. The van der Waals surface area contributed by atoms with Crippen molar-refractivity contribution in [1.82, 2.24) is 5.32 Å². The molecule has 4 heteroatoms. The molecule has 0 aromatic heterocycles. The van der Waals surface area contributed by atoms with E-state index in [1.54, 1.807) is 6.07 Å². The van der Waals surface area contributed by atoms with Crippen LogP contribution >= 0.6 is 15.9 Å². The van der Waals surface area contributed by atoms with E-state index in [4.69, 9.17) is 0 Å². The van der Waals surface area contributed by atoms with Crippen LogP contribution in [0.4, 0.5) is 10.1 Å². The molecule has 0 atom stereocenters. The van der Waals surface area contributed by atoms with E-state index in [9.17, 15) is 4.39 Å². The summed E-state index contributed by atoms with van der Waals surface area (Å²) in [6.45, 7) is 4.29. The molecule has 0 bridgehead atoms. The van der Waals surface area contributed by atoms with Crippen molar-refractivity contribution in [2.24, 2.45) is 0 Å². The molecule has 2 aromatic rings. The highest BCUT2D eigenvalue weighted by atomic mass is 79.9. The second-order valence-electron chi connectivity index (χ2n) is 5.05. The van der Waals surface area contributed by atoms with Crippen LogP contribution in [0.25, 0.3) is 0 Å². The summed E-state index contributed by atoms with van der Waals surface area (Å²) in [5.74, 6) is -0.178. The Bertz CT molecular complexity index is 601. The second-order valence-corrected chi connectivity index (χ2v) is 5.97. The van der Waals surface area contributed by atoms with E-state index < -0.39 is 0 Å². The quantitative estimate of drug-likeness (QED) is 0.833. The van der Waals surface area contributed by atoms with Crippen molar-refractivity contribution in [1.29, 1.82) is 0 Å². The molecule has 2 rings (SSSR count). The van der Waals surface area contributed by atoms with Crippen LogP contribution in [0.5, 0.6) is 0 Å². The maximum atomic E-state index is 14.2. The minimum absolute atomic E-state index is 0.178. The van der Waals surface area contributed by atoms with Gasteiger partial charge in [-0.15, -0.1) is 0 Å². The summed E-state index contributed by atoms with van der Waals surface area (Å²) in [5, 5.41) is 3.20. The van der Waals surface area contributed by atoms with E-state index in [-0.39, 0.29) is 5.82 Å². The van der Waals surface area contributed by atoms with Crippen LogP contribution < -0.4 is 10.2 Å². The van der Waals surface area contributed by atoms with Gasteiger partial charge in [0.25, 0.3) is 0 Å². The molecule has 1 N–H and O–H groups in total. The number of anilines is 1. The zero-order valence-corrected chi connectivity index (χ0v) is 14.0. The summed E-state index contributed by atoms with van der Waals surface area (Å²) in [6.07, 6.45) is 0. The Labute approximate surface area is 134 Å². The largest absolute Gasteiger partial charge is 0.368 e. The first-order valence-corrected chi connectivity index (χ1v) is 7.84. The van der Waals surface area contributed by atoms with E-state index in [1.165, 1.54) is 0 Å². The van der Waals surface area contributed by atoms with Gasteiger partial charge in [0.05, 0.1) is 5.69 Å². The van der Waals surface area contributed by atoms with Gasteiger partial charge in [-0.25, -0.2) is 4.39 Å². The van der Waals surface area contributed by atoms with E-state index >= 15 is 0 Å². The minimum Gasteiger partial charge on any atom is -0.368 e. The molecule has 0 aliphatic carbocycles. The second kappa shape index (κ2) is 7.57. The maximum Gasteiger partial charge on any atom is 0.146 e. The van der Waals surface area contributed by atoms with Crippen molar-refractivity contribution in [3.8, 4) is 0 Å². The van der Waals surface area contributed by atoms with Crippen LogP contribution in [0.3, 0.4) is 0 Å². The van der Waals surface area contributed by atoms with Gasteiger partial charge in [-0.2, -0.15) is 0 Å². The van der Waals surface area contributed by atoms with Gasteiger partial charge < -0.3 is 10.2 Å². The number of halogens is 2. The van der Waals surface area contributed by atoms with Gasteiger partial charge >= 0.3 is 0 Å². The van der Waals surface area contributed by atoms with Gasteiger partial charge in [-0.3, -0.25) is 0 Å². The van der Waals surface area contributed by atoms with E-state index in [1.807, 2.05) is 55.3 Å². The Morgan fingerprint density at radius 3 is 2.62 bits per heavy atom. The predicted molar refractivity (Wildman–Crippen MR) is 90.0 cm³/mol. The SMILES string of the molecule is CCNCc1ccc(N(C)Cc2cccc(Br)c2)c(F)c1. The minimum atomic E-state index is -0.178. The monoisotopic (exact) mass is 350 g/mol. The Morgan fingerprint density at radius 2 is 1.95 bits per heavy atom. The lowest BCUT2D eigenvalue weighted by Crippen LogP contribution is -2.18. The third kappa shape index (κ3) is 4.55. The molecule has 0 heterocycles. The average Bonchev–Trinajstić information content (AvgIpc) is 2.45. The molecule has 0 aliphatic rings. The normalized spacial score (nSPS) is 10.7. The summed E-state index contributed by atoms with van der Waals surface area (Å²) in [6, 6.07) is 13.5. The fourth-order valence-corrected chi connectivity index (χ4v) is 2.68. The number of rotatable bonds is 6. The Balaban J connectivity index is 2.10. The highest BCUT2D eigenvalue weighted by Crippen LogP contribution is 2.22.